The zero-order valence-corrected chi connectivity index (χ0v) is 21.9. The van der Waals surface area contributed by atoms with E-state index in [9.17, 15) is 14.7 Å². The van der Waals surface area contributed by atoms with Gasteiger partial charge in [-0.25, -0.2) is 0 Å². The number of aliphatic hydroxyl groups is 1. The van der Waals surface area contributed by atoms with Crippen LogP contribution in [0.25, 0.3) is 0 Å². The predicted octanol–water partition coefficient (Wildman–Crippen LogP) is 7.23. The van der Waals surface area contributed by atoms with Crippen LogP contribution in [0.1, 0.15) is 114 Å². The summed E-state index contributed by atoms with van der Waals surface area (Å²) < 4.78 is 0. The van der Waals surface area contributed by atoms with Gasteiger partial charge in [0.05, 0.1) is 0 Å². The van der Waals surface area contributed by atoms with Crippen molar-refractivity contribution in [3.8, 4) is 0 Å². The molecule has 31 heavy (non-hydrogen) atoms. The maximum atomic E-state index is 11.9. The molecular weight excluding hydrogens is 384 g/mol. The minimum Gasteiger partial charge on any atom is -0.385 e. The van der Waals surface area contributed by atoms with Gasteiger partial charge in [-0.3, -0.25) is 9.59 Å². The first-order valence-electron chi connectivity index (χ1n) is 12.4. The molecule has 0 aromatic rings. The lowest BCUT2D eigenvalue weighted by Crippen LogP contribution is -2.38. The summed E-state index contributed by atoms with van der Waals surface area (Å²) in [6.07, 6.45) is 5.71. The Kier molecular flexibility index (Phi) is 9.94. The van der Waals surface area contributed by atoms with Gasteiger partial charge >= 0.3 is 0 Å². The fraction of sp³-hybridized carbons (Fsp3) is 0.786. The number of hydrogen-bond acceptors (Lipinski definition) is 3. The molecule has 0 aliphatic heterocycles. The minimum absolute atomic E-state index is 0.0475. The summed E-state index contributed by atoms with van der Waals surface area (Å²) in [5.74, 6) is 1.49. The highest BCUT2D eigenvalue weighted by Crippen LogP contribution is 2.45. The SMILES string of the molecule is CCC(CC)C1=C(C)C(=O)C(O)CC1(C)C.CCC(CC)C1=C(C)CC(=O)CC1(C)C. The predicted molar refractivity (Wildman–Crippen MR) is 131 cm³/mol. The third-order valence-corrected chi connectivity index (χ3v) is 7.59. The van der Waals surface area contributed by atoms with Gasteiger partial charge in [-0.15, -0.1) is 0 Å². The Morgan fingerprint density at radius 2 is 1.29 bits per heavy atom. The van der Waals surface area contributed by atoms with Gasteiger partial charge in [0, 0.05) is 12.8 Å². The van der Waals surface area contributed by atoms with E-state index in [-0.39, 0.29) is 16.6 Å². The van der Waals surface area contributed by atoms with Crippen LogP contribution in [0.2, 0.25) is 0 Å². The van der Waals surface area contributed by atoms with Crippen LogP contribution in [-0.2, 0) is 9.59 Å². The normalized spacial score (nSPS) is 23.5. The van der Waals surface area contributed by atoms with E-state index in [2.05, 4.69) is 62.3 Å². The van der Waals surface area contributed by atoms with Crippen molar-refractivity contribution < 1.29 is 14.7 Å². The van der Waals surface area contributed by atoms with Gasteiger partial charge in [0.2, 0.25) is 0 Å². The summed E-state index contributed by atoms with van der Waals surface area (Å²) in [5, 5.41) is 9.74. The van der Waals surface area contributed by atoms with Crippen LogP contribution in [0.15, 0.2) is 22.3 Å². The van der Waals surface area contributed by atoms with Gasteiger partial charge in [-0.2, -0.15) is 0 Å². The summed E-state index contributed by atoms with van der Waals surface area (Å²) in [4.78, 5) is 23.5. The monoisotopic (exact) mass is 432 g/mol. The van der Waals surface area contributed by atoms with Gasteiger partial charge in [-0.1, -0.05) is 72.1 Å². The molecule has 2 rings (SSSR count). The summed E-state index contributed by atoms with van der Waals surface area (Å²) in [6, 6.07) is 0. The molecule has 1 atom stereocenters. The molecule has 2 aliphatic rings. The summed E-state index contributed by atoms with van der Waals surface area (Å²) in [7, 11) is 0. The van der Waals surface area contributed by atoms with Gasteiger partial charge in [-0.05, 0) is 74.2 Å². The first kappa shape index (κ1) is 27.8. The van der Waals surface area contributed by atoms with Crippen LogP contribution in [-0.4, -0.2) is 22.8 Å². The molecule has 0 aromatic heterocycles. The second kappa shape index (κ2) is 11.1. The number of carbonyl (C=O) groups excluding carboxylic acids is 2. The zero-order chi connectivity index (χ0) is 24.1. The molecule has 178 valence electrons. The van der Waals surface area contributed by atoms with Crippen molar-refractivity contribution in [1.29, 1.82) is 0 Å². The van der Waals surface area contributed by atoms with E-state index in [4.69, 9.17) is 0 Å². The quantitative estimate of drug-likeness (QED) is 0.450. The summed E-state index contributed by atoms with van der Waals surface area (Å²) >= 11 is 0. The number of aliphatic hydroxyl groups excluding tert-OH is 1. The van der Waals surface area contributed by atoms with Crippen molar-refractivity contribution >= 4 is 11.6 Å². The number of Topliss-reactive ketones (excluding diaryl/α,β-unsaturated/α-hetero) is 2. The highest BCUT2D eigenvalue weighted by molar-refractivity contribution is 6.00. The molecule has 0 spiro atoms. The summed E-state index contributed by atoms with van der Waals surface area (Å²) in [6.45, 7) is 21.6. The molecule has 2 aliphatic carbocycles. The van der Waals surface area contributed by atoms with E-state index in [1.54, 1.807) is 5.57 Å². The zero-order valence-electron chi connectivity index (χ0n) is 21.9. The Balaban J connectivity index is 0.000000311. The average Bonchev–Trinajstić information content (AvgIpc) is 2.65. The molecule has 3 nitrogen and oxygen atoms in total. The highest BCUT2D eigenvalue weighted by atomic mass is 16.3. The molecule has 0 aromatic carbocycles. The molecule has 0 fully saturated rings. The molecule has 0 bridgehead atoms. The Bertz CT molecular complexity index is 713. The molecule has 0 saturated heterocycles. The third kappa shape index (κ3) is 6.40. The summed E-state index contributed by atoms with van der Waals surface area (Å²) in [5.41, 5.74) is 5.02. The molecular formula is C28H48O3. The van der Waals surface area contributed by atoms with Crippen molar-refractivity contribution in [1.82, 2.24) is 0 Å². The molecule has 1 N–H and O–H groups in total. The lowest BCUT2D eigenvalue weighted by Gasteiger charge is -2.39. The van der Waals surface area contributed by atoms with Crippen molar-refractivity contribution in [2.45, 2.75) is 120 Å². The van der Waals surface area contributed by atoms with E-state index in [1.165, 1.54) is 24.0 Å². The van der Waals surface area contributed by atoms with Crippen LogP contribution < -0.4 is 0 Å². The maximum absolute atomic E-state index is 11.9. The Hall–Kier alpha value is -1.22. The van der Waals surface area contributed by atoms with Gasteiger partial charge in [0.1, 0.15) is 11.9 Å². The standard InChI is InChI=1S/C14H24O2.C14H24O/c1-6-10(7-2)12-9(3)13(16)11(15)8-14(12,4)5;1-6-11(7-2)13-10(3)8-12(15)9-14(13,4)5/h10-11,15H,6-8H2,1-5H3;11H,6-9H2,1-5H3. The molecule has 3 heteroatoms. The van der Waals surface area contributed by atoms with E-state index >= 15 is 0 Å². The second-order valence-electron chi connectivity index (χ2n) is 11.0. The van der Waals surface area contributed by atoms with Crippen molar-refractivity contribution in [2.75, 3.05) is 0 Å². The lowest BCUT2D eigenvalue weighted by atomic mass is 9.66. The average molecular weight is 433 g/mol. The van der Waals surface area contributed by atoms with Gasteiger partial charge in [0.15, 0.2) is 5.78 Å². The first-order valence-corrected chi connectivity index (χ1v) is 12.4. The van der Waals surface area contributed by atoms with Crippen molar-refractivity contribution in [2.24, 2.45) is 22.7 Å². The number of carbonyl (C=O) groups is 2. The van der Waals surface area contributed by atoms with Gasteiger partial charge < -0.3 is 5.11 Å². The molecule has 0 radical (unpaired) electrons. The van der Waals surface area contributed by atoms with E-state index in [0.29, 0.717) is 30.5 Å². The topological polar surface area (TPSA) is 54.4 Å². The highest BCUT2D eigenvalue weighted by Gasteiger charge is 2.40. The Labute approximate surface area is 191 Å². The van der Waals surface area contributed by atoms with E-state index in [1.807, 2.05) is 6.92 Å². The van der Waals surface area contributed by atoms with E-state index in [0.717, 1.165) is 24.8 Å². The lowest BCUT2D eigenvalue weighted by molar-refractivity contribution is -0.126. The molecule has 0 saturated carbocycles. The Morgan fingerprint density at radius 3 is 1.71 bits per heavy atom. The van der Waals surface area contributed by atoms with Crippen molar-refractivity contribution in [3.63, 3.8) is 0 Å². The minimum atomic E-state index is -0.798. The van der Waals surface area contributed by atoms with Crippen LogP contribution in [0.3, 0.4) is 0 Å². The smallest absolute Gasteiger partial charge is 0.186 e. The van der Waals surface area contributed by atoms with Gasteiger partial charge in [0.25, 0.3) is 0 Å². The van der Waals surface area contributed by atoms with Crippen LogP contribution in [0.4, 0.5) is 0 Å². The number of allylic oxidation sites excluding steroid dienone is 3. The fourth-order valence-corrected chi connectivity index (χ4v) is 6.35. The third-order valence-electron chi connectivity index (χ3n) is 7.59. The Morgan fingerprint density at radius 1 is 0.839 bits per heavy atom. The largest absolute Gasteiger partial charge is 0.385 e. The number of hydrogen-bond donors (Lipinski definition) is 1. The van der Waals surface area contributed by atoms with Crippen LogP contribution in [0.5, 0.6) is 0 Å². The maximum Gasteiger partial charge on any atom is 0.186 e. The van der Waals surface area contributed by atoms with E-state index < -0.39 is 6.10 Å². The van der Waals surface area contributed by atoms with Crippen LogP contribution >= 0.6 is 0 Å². The molecule has 0 heterocycles. The second-order valence-corrected chi connectivity index (χ2v) is 11.0. The first-order chi connectivity index (χ1) is 14.3. The number of rotatable bonds is 6. The molecule has 0 amide bonds. The van der Waals surface area contributed by atoms with Crippen molar-refractivity contribution in [3.05, 3.63) is 22.3 Å². The number of ketones is 2. The van der Waals surface area contributed by atoms with Crippen LogP contribution in [0, 0.1) is 22.7 Å². The molecule has 1 unspecified atom stereocenters. The fourth-order valence-electron chi connectivity index (χ4n) is 6.35.